The molecule has 0 saturated carbocycles. The molecule has 0 saturated heterocycles. The molecule has 1 aromatic heterocycles. The van der Waals surface area contributed by atoms with Crippen LogP contribution >= 0.6 is 0 Å². The molecule has 0 atom stereocenters. The second kappa shape index (κ2) is 4.37. The summed E-state index contributed by atoms with van der Waals surface area (Å²) in [5, 5.41) is 7.93. The van der Waals surface area contributed by atoms with Crippen LogP contribution in [0.4, 0.5) is 11.5 Å². The molecule has 0 bridgehead atoms. The fourth-order valence-corrected chi connectivity index (χ4v) is 2.47. The number of benzene rings is 1. The van der Waals surface area contributed by atoms with Crippen molar-refractivity contribution in [2.45, 2.75) is 13.0 Å². The number of para-hydroxylation sites is 1. The summed E-state index contributed by atoms with van der Waals surface area (Å²) in [5.41, 5.74) is 3.65. The largest absolute Gasteiger partial charge is 0.377 e. The summed E-state index contributed by atoms with van der Waals surface area (Å²) in [6, 6.07) is 8.45. The van der Waals surface area contributed by atoms with Crippen LogP contribution in [0.5, 0.6) is 0 Å². The van der Waals surface area contributed by atoms with Gasteiger partial charge in [-0.15, -0.1) is 0 Å². The van der Waals surface area contributed by atoms with Gasteiger partial charge in [-0.05, 0) is 12.5 Å². The summed E-state index contributed by atoms with van der Waals surface area (Å²) in [7, 11) is 4.14. The average molecular weight is 242 g/mol. The second-order valence-electron chi connectivity index (χ2n) is 4.82. The smallest absolute Gasteiger partial charge is 0.132 e. The highest BCUT2D eigenvalue weighted by molar-refractivity contribution is 5.84. The number of rotatable bonds is 2. The number of fused-ring (bicyclic) bond motifs is 1. The number of hydrogen-bond acceptors (Lipinski definition) is 3. The van der Waals surface area contributed by atoms with Crippen molar-refractivity contribution in [3.05, 3.63) is 30.5 Å². The Bertz CT molecular complexity index is 557. The van der Waals surface area contributed by atoms with Crippen molar-refractivity contribution in [2.24, 2.45) is 0 Å². The van der Waals surface area contributed by atoms with E-state index in [-0.39, 0.29) is 0 Å². The van der Waals surface area contributed by atoms with Crippen molar-refractivity contribution in [1.82, 2.24) is 9.78 Å². The summed E-state index contributed by atoms with van der Waals surface area (Å²) in [6.07, 6.45) is 3.11. The topological polar surface area (TPSA) is 33.1 Å². The molecule has 0 spiro atoms. The van der Waals surface area contributed by atoms with E-state index in [4.69, 9.17) is 0 Å². The highest BCUT2D eigenvalue weighted by atomic mass is 15.3. The third kappa shape index (κ3) is 1.74. The summed E-state index contributed by atoms with van der Waals surface area (Å²) >= 11 is 0. The van der Waals surface area contributed by atoms with Crippen LogP contribution in [-0.4, -0.2) is 30.4 Å². The number of hydrogen-bond donors (Lipinski definition) is 1. The van der Waals surface area contributed by atoms with Gasteiger partial charge < -0.3 is 10.2 Å². The van der Waals surface area contributed by atoms with Gasteiger partial charge in [0.25, 0.3) is 0 Å². The van der Waals surface area contributed by atoms with Crippen molar-refractivity contribution in [3.63, 3.8) is 0 Å². The quantitative estimate of drug-likeness (QED) is 0.878. The van der Waals surface area contributed by atoms with Crippen molar-refractivity contribution >= 4 is 11.5 Å². The number of aromatic nitrogens is 2. The Balaban J connectivity index is 2.13. The number of nitrogens with one attached hydrogen (secondary N) is 1. The summed E-state index contributed by atoms with van der Waals surface area (Å²) < 4.78 is 2.06. The van der Waals surface area contributed by atoms with Gasteiger partial charge in [0.15, 0.2) is 0 Å². The minimum absolute atomic E-state index is 1.01. The Labute approximate surface area is 107 Å². The Kier molecular flexibility index (Phi) is 2.70. The van der Waals surface area contributed by atoms with Crippen molar-refractivity contribution in [1.29, 1.82) is 0 Å². The van der Waals surface area contributed by atoms with Crippen molar-refractivity contribution < 1.29 is 0 Å². The van der Waals surface area contributed by atoms with E-state index in [1.807, 2.05) is 6.20 Å². The molecular formula is C14H18N4. The standard InChI is InChI=1S/C14H18N4/c1-17(2)13-7-4-3-6-11(13)12-10-16-18-9-5-8-15-14(12)18/h3-4,6-7,10,15H,5,8-9H2,1-2H3. The van der Waals surface area contributed by atoms with Gasteiger partial charge in [-0.3, -0.25) is 0 Å². The van der Waals surface area contributed by atoms with Crippen LogP contribution in [-0.2, 0) is 6.54 Å². The number of nitrogens with zero attached hydrogens (tertiary/aromatic N) is 3. The molecule has 0 radical (unpaired) electrons. The Morgan fingerprint density at radius 3 is 2.89 bits per heavy atom. The van der Waals surface area contributed by atoms with E-state index in [0.717, 1.165) is 25.3 Å². The zero-order chi connectivity index (χ0) is 12.5. The van der Waals surface area contributed by atoms with Crippen LogP contribution in [0.2, 0.25) is 0 Å². The predicted molar refractivity (Wildman–Crippen MR) is 75.1 cm³/mol. The fourth-order valence-electron chi connectivity index (χ4n) is 2.47. The molecule has 2 aromatic rings. The normalized spacial score (nSPS) is 13.9. The first-order chi connectivity index (χ1) is 8.77. The maximum atomic E-state index is 4.47. The third-order valence-corrected chi connectivity index (χ3v) is 3.35. The molecule has 1 aromatic carbocycles. The van der Waals surface area contributed by atoms with Gasteiger partial charge in [0.1, 0.15) is 5.82 Å². The van der Waals surface area contributed by atoms with E-state index in [1.165, 1.54) is 16.8 Å². The lowest BCUT2D eigenvalue weighted by atomic mass is 10.1. The maximum absolute atomic E-state index is 4.47. The lowest BCUT2D eigenvalue weighted by Crippen LogP contribution is -2.18. The summed E-state index contributed by atoms with van der Waals surface area (Å²) in [4.78, 5) is 2.14. The van der Waals surface area contributed by atoms with Crippen LogP contribution in [0, 0.1) is 0 Å². The van der Waals surface area contributed by atoms with E-state index in [2.05, 4.69) is 58.4 Å². The van der Waals surface area contributed by atoms with Crippen LogP contribution in [0.15, 0.2) is 30.5 Å². The van der Waals surface area contributed by atoms with E-state index in [0.29, 0.717) is 0 Å². The highest BCUT2D eigenvalue weighted by Gasteiger charge is 2.17. The maximum Gasteiger partial charge on any atom is 0.132 e. The van der Waals surface area contributed by atoms with Gasteiger partial charge in [0.05, 0.1) is 6.20 Å². The van der Waals surface area contributed by atoms with Crippen LogP contribution in [0.1, 0.15) is 6.42 Å². The zero-order valence-corrected chi connectivity index (χ0v) is 10.8. The molecule has 2 heterocycles. The molecule has 0 aliphatic carbocycles. The molecule has 1 aliphatic rings. The van der Waals surface area contributed by atoms with E-state index < -0.39 is 0 Å². The lowest BCUT2D eigenvalue weighted by Gasteiger charge is -2.20. The molecule has 0 unspecified atom stereocenters. The Morgan fingerprint density at radius 2 is 2.06 bits per heavy atom. The number of aryl methyl sites for hydroxylation is 1. The van der Waals surface area contributed by atoms with Crippen LogP contribution in [0.3, 0.4) is 0 Å². The minimum Gasteiger partial charge on any atom is -0.377 e. The van der Waals surface area contributed by atoms with E-state index in [1.54, 1.807) is 0 Å². The van der Waals surface area contributed by atoms with Gasteiger partial charge in [0, 0.05) is 44.0 Å². The minimum atomic E-state index is 1.01. The molecule has 1 N–H and O–H groups in total. The highest BCUT2D eigenvalue weighted by Crippen LogP contribution is 2.35. The van der Waals surface area contributed by atoms with Crippen molar-refractivity contribution in [3.8, 4) is 11.1 Å². The van der Waals surface area contributed by atoms with Gasteiger partial charge in [-0.1, -0.05) is 18.2 Å². The van der Waals surface area contributed by atoms with Gasteiger partial charge in [-0.2, -0.15) is 5.10 Å². The van der Waals surface area contributed by atoms with E-state index >= 15 is 0 Å². The lowest BCUT2D eigenvalue weighted by molar-refractivity contribution is 0.568. The Hall–Kier alpha value is -1.97. The first-order valence-corrected chi connectivity index (χ1v) is 6.34. The molecule has 0 amide bonds. The van der Waals surface area contributed by atoms with Gasteiger partial charge in [0.2, 0.25) is 0 Å². The average Bonchev–Trinajstić information content (AvgIpc) is 2.82. The first kappa shape index (κ1) is 11.1. The molecule has 4 heteroatoms. The zero-order valence-electron chi connectivity index (χ0n) is 10.8. The molecule has 4 nitrogen and oxygen atoms in total. The third-order valence-electron chi connectivity index (χ3n) is 3.35. The molecule has 3 rings (SSSR count). The summed E-state index contributed by atoms with van der Waals surface area (Å²) in [6.45, 7) is 2.04. The van der Waals surface area contributed by atoms with Gasteiger partial charge >= 0.3 is 0 Å². The summed E-state index contributed by atoms with van der Waals surface area (Å²) in [5.74, 6) is 1.15. The van der Waals surface area contributed by atoms with E-state index in [9.17, 15) is 0 Å². The Morgan fingerprint density at radius 1 is 1.22 bits per heavy atom. The molecule has 18 heavy (non-hydrogen) atoms. The van der Waals surface area contributed by atoms with Crippen LogP contribution in [0.25, 0.3) is 11.1 Å². The van der Waals surface area contributed by atoms with Crippen molar-refractivity contribution in [2.75, 3.05) is 30.9 Å². The molecular weight excluding hydrogens is 224 g/mol. The predicted octanol–water partition coefficient (Wildman–Crippen LogP) is 2.43. The first-order valence-electron chi connectivity index (χ1n) is 6.34. The fraction of sp³-hybridized carbons (Fsp3) is 0.357. The molecule has 0 fully saturated rings. The molecule has 1 aliphatic heterocycles. The SMILES string of the molecule is CN(C)c1ccccc1-c1cnn2c1NCCC2. The van der Waals surface area contributed by atoms with Crippen LogP contribution < -0.4 is 10.2 Å². The van der Waals surface area contributed by atoms with Gasteiger partial charge in [-0.25, -0.2) is 4.68 Å². The molecule has 94 valence electrons. The number of anilines is 2. The monoisotopic (exact) mass is 242 g/mol. The second-order valence-corrected chi connectivity index (χ2v) is 4.82.